The van der Waals surface area contributed by atoms with Gasteiger partial charge in [0.2, 0.25) is 0 Å². The van der Waals surface area contributed by atoms with E-state index in [-0.39, 0.29) is 5.48 Å². The van der Waals surface area contributed by atoms with Crippen molar-refractivity contribution >= 4 is 5.71 Å². The van der Waals surface area contributed by atoms with Gasteiger partial charge in [-0.25, -0.2) is 0 Å². The van der Waals surface area contributed by atoms with E-state index in [0.29, 0.717) is 11.3 Å². The van der Waals surface area contributed by atoms with Gasteiger partial charge in [0.25, 0.3) is 0 Å². The highest BCUT2D eigenvalue weighted by Gasteiger charge is 1.95. The first-order valence-corrected chi connectivity index (χ1v) is 3.29. The van der Waals surface area contributed by atoms with Crippen LogP contribution in [0.2, 0.25) is 0 Å². The summed E-state index contributed by atoms with van der Waals surface area (Å²) in [7, 11) is 0. The van der Waals surface area contributed by atoms with Crippen LogP contribution in [-0.2, 0) is 0 Å². The van der Waals surface area contributed by atoms with E-state index >= 15 is 0 Å². The molecule has 0 aliphatic rings. The largest absolute Gasteiger partial charge is 0.412 e. The molecule has 1 rings (SSSR count). The van der Waals surface area contributed by atoms with Gasteiger partial charge in [0.15, 0.2) is 0 Å². The van der Waals surface area contributed by atoms with Crippen molar-refractivity contribution in [2.75, 3.05) is 0 Å². The second-order valence-corrected chi connectivity index (χ2v) is 2.32. The molecule has 12 heavy (non-hydrogen) atoms. The molecule has 3 heteroatoms. The number of benzene rings is 1. The lowest BCUT2D eigenvalue weighted by atomic mass is 10.1. The molecule has 0 radical (unpaired) electrons. The van der Waals surface area contributed by atoms with E-state index in [0.717, 1.165) is 5.56 Å². The van der Waals surface area contributed by atoms with E-state index in [1.54, 1.807) is 25.1 Å². The summed E-state index contributed by atoms with van der Waals surface area (Å²) >= 11 is 0. The van der Waals surface area contributed by atoms with Gasteiger partial charge in [-0.15, -0.1) is 0 Å². The van der Waals surface area contributed by atoms with Crippen LogP contribution < -0.4 is 0 Å². The quantitative estimate of drug-likeness (QED) is 0.617. The van der Waals surface area contributed by atoms with E-state index in [4.69, 9.17) is 10.7 Å². The first-order chi connectivity index (χ1) is 5.24. The standard InChI is InChI=1S/C9H8N2.H2O/c1-7(11)9-4-2-3-8(5-9)6-10;/h2-5,11H,1H3;1H2. The van der Waals surface area contributed by atoms with Crippen molar-refractivity contribution in [3.63, 3.8) is 0 Å². The highest BCUT2D eigenvalue weighted by molar-refractivity contribution is 5.96. The van der Waals surface area contributed by atoms with Crippen LogP contribution in [0.3, 0.4) is 0 Å². The van der Waals surface area contributed by atoms with Gasteiger partial charge >= 0.3 is 0 Å². The normalized spacial score (nSPS) is 8.00. The van der Waals surface area contributed by atoms with Crippen LogP contribution in [0.4, 0.5) is 0 Å². The molecule has 0 heterocycles. The Morgan fingerprint density at radius 3 is 2.67 bits per heavy atom. The third-order valence-corrected chi connectivity index (χ3v) is 1.42. The molecule has 0 amide bonds. The lowest BCUT2D eigenvalue weighted by Crippen LogP contribution is -1.91. The van der Waals surface area contributed by atoms with Crippen molar-refractivity contribution in [2.45, 2.75) is 6.92 Å². The van der Waals surface area contributed by atoms with Crippen molar-refractivity contribution in [3.8, 4) is 6.07 Å². The summed E-state index contributed by atoms with van der Waals surface area (Å²) in [6, 6.07) is 9.07. The lowest BCUT2D eigenvalue weighted by Gasteiger charge is -1.95. The summed E-state index contributed by atoms with van der Waals surface area (Å²) < 4.78 is 0. The zero-order valence-corrected chi connectivity index (χ0v) is 6.76. The average Bonchev–Trinajstić information content (AvgIpc) is 2.05. The van der Waals surface area contributed by atoms with E-state index < -0.39 is 0 Å². The summed E-state index contributed by atoms with van der Waals surface area (Å²) in [4.78, 5) is 0. The van der Waals surface area contributed by atoms with Crippen molar-refractivity contribution in [2.24, 2.45) is 0 Å². The predicted molar refractivity (Wildman–Crippen MR) is 47.3 cm³/mol. The summed E-state index contributed by atoms with van der Waals surface area (Å²) in [5.74, 6) is 0. The molecule has 0 aliphatic heterocycles. The Morgan fingerprint density at radius 2 is 2.17 bits per heavy atom. The lowest BCUT2D eigenvalue weighted by molar-refractivity contribution is 0.824. The van der Waals surface area contributed by atoms with E-state index in [9.17, 15) is 0 Å². The van der Waals surface area contributed by atoms with Crippen LogP contribution >= 0.6 is 0 Å². The molecule has 0 bridgehead atoms. The van der Waals surface area contributed by atoms with Gasteiger partial charge in [-0.05, 0) is 24.6 Å². The van der Waals surface area contributed by atoms with E-state index in [2.05, 4.69) is 0 Å². The Bertz CT molecular complexity index is 326. The van der Waals surface area contributed by atoms with Crippen LogP contribution in [0.5, 0.6) is 0 Å². The Kier molecular flexibility index (Phi) is 3.68. The molecule has 0 fully saturated rings. The maximum Gasteiger partial charge on any atom is 0.0991 e. The van der Waals surface area contributed by atoms with Crippen molar-refractivity contribution < 1.29 is 5.48 Å². The highest BCUT2D eigenvalue weighted by atomic mass is 16.0. The molecule has 1 aromatic rings. The van der Waals surface area contributed by atoms with Gasteiger partial charge in [-0.2, -0.15) is 5.26 Å². The second-order valence-electron chi connectivity index (χ2n) is 2.32. The molecule has 1 aromatic carbocycles. The number of nitriles is 1. The Labute approximate surface area is 71.1 Å². The van der Waals surface area contributed by atoms with Crippen molar-refractivity contribution in [1.82, 2.24) is 0 Å². The number of hydrogen-bond acceptors (Lipinski definition) is 2. The van der Waals surface area contributed by atoms with E-state index in [1.165, 1.54) is 0 Å². The number of nitrogens with one attached hydrogen (secondary N) is 1. The third-order valence-electron chi connectivity index (χ3n) is 1.42. The smallest absolute Gasteiger partial charge is 0.0991 e. The van der Waals surface area contributed by atoms with Crippen molar-refractivity contribution in [1.29, 1.82) is 10.7 Å². The second kappa shape index (κ2) is 4.27. The average molecular weight is 162 g/mol. The maximum absolute atomic E-state index is 8.52. The van der Waals surface area contributed by atoms with Gasteiger partial charge in [-0.3, -0.25) is 0 Å². The minimum atomic E-state index is 0. The highest BCUT2D eigenvalue weighted by Crippen LogP contribution is 2.03. The minimum Gasteiger partial charge on any atom is -0.412 e. The molecule has 0 saturated heterocycles. The van der Waals surface area contributed by atoms with Gasteiger partial charge in [0.05, 0.1) is 11.6 Å². The monoisotopic (exact) mass is 162 g/mol. The van der Waals surface area contributed by atoms with Gasteiger partial charge < -0.3 is 10.9 Å². The number of hydrogen-bond donors (Lipinski definition) is 1. The molecule has 62 valence electrons. The molecule has 0 aliphatic carbocycles. The fourth-order valence-corrected chi connectivity index (χ4v) is 0.822. The molecule has 0 saturated carbocycles. The van der Waals surface area contributed by atoms with Gasteiger partial charge in [-0.1, -0.05) is 12.1 Å². The summed E-state index contributed by atoms with van der Waals surface area (Å²) in [5, 5.41) is 15.8. The van der Waals surface area contributed by atoms with Crippen LogP contribution in [0.15, 0.2) is 24.3 Å². The van der Waals surface area contributed by atoms with Crippen LogP contribution in [-0.4, -0.2) is 11.2 Å². The van der Waals surface area contributed by atoms with Gasteiger partial charge in [0, 0.05) is 5.71 Å². The maximum atomic E-state index is 8.52. The topological polar surface area (TPSA) is 79.1 Å². The number of rotatable bonds is 1. The zero-order chi connectivity index (χ0) is 8.27. The predicted octanol–water partition coefficient (Wildman–Crippen LogP) is 1.12. The van der Waals surface area contributed by atoms with Crippen LogP contribution in [0, 0.1) is 16.7 Å². The van der Waals surface area contributed by atoms with Crippen LogP contribution in [0.25, 0.3) is 0 Å². The number of nitrogens with zero attached hydrogens (tertiary/aromatic N) is 1. The van der Waals surface area contributed by atoms with Crippen LogP contribution in [0.1, 0.15) is 18.1 Å². The Balaban J connectivity index is 0.00000121. The summed E-state index contributed by atoms with van der Waals surface area (Å²) in [5.41, 5.74) is 1.90. The third kappa shape index (κ3) is 2.19. The van der Waals surface area contributed by atoms with E-state index in [1.807, 2.05) is 12.1 Å². The molecule has 0 atom stereocenters. The molecule has 0 spiro atoms. The fourth-order valence-electron chi connectivity index (χ4n) is 0.822. The Morgan fingerprint density at radius 1 is 1.50 bits per heavy atom. The fraction of sp³-hybridized carbons (Fsp3) is 0.111. The summed E-state index contributed by atoms with van der Waals surface area (Å²) in [6.07, 6.45) is 0. The molecule has 0 unspecified atom stereocenters. The van der Waals surface area contributed by atoms with Gasteiger partial charge in [0.1, 0.15) is 0 Å². The summed E-state index contributed by atoms with van der Waals surface area (Å²) in [6.45, 7) is 1.70. The minimum absolute atomic E-state index is 0. The molecule has 3 N–H and O–H groups in total. The first-order valence-electron chi connectivity index (χ1n) is 3.29. The molecular weight excluding hydrogens is 152 g/mol. The molecule has 0 aromatic heterocycles. The van der Waals surface area contributed by atoms with Crippen molar-refractivity contribution in [3.05, 3.63) is 35.4 Å². The first kappa shape index (κ1) is 10.3. The zero-order valence-electron chi connectivity index (χ0n) is 6.76. The molecule has 3 nitrogen and oxygen atoms in total. The molecular formula is C9H10N2O. The SMILES string of the molecule is CC(=N)c1cccc(C#N)c1.O. The Hall–Kier alpha value is -1.66.